The predicted molar refractivity (Wildman–Crippen MR) is 80.6 cm³/mol. The van der Waals surface area contributed by atoms with E-state index in [1.165, 1.54) is 12.0 Å². The Morgan fingerprint density at radius 1 is 1.50 bits per heavy atom. The molecule has 20 heavy (non-hydrogen) atoms. The minimum Gasteiger partial charge on any atom is -0.466 e. The van der Waals surface area contributed by atoms with Gasteiger partial charge in [-0.3, -0.25) is 9.69 Å². The van der Waals surface area contributed by atoms with E-state index in [4.69, 9.17) is 4.74 Å². The second kappa shape index (κ2) is 5.49. The van der Waals surface area contributed by atoms with Crippen LogP contribution in [-0.4, -0.2) is 29.6 Å². The maximum absolute atomic E-state index is 12.5. The van der Waals surface area contributed by atoms with E-state index in [-0.39, 0.29) is 11.4 Å². The highest BCUT2D eigenvalue weighted by molar-refractivity contribution is 7.07. The summed E-state index contributed by atoms with van der Waals surface area (Å²) in [6, 6.07) is 3.13. The summed E-state index contributed by atoms with van der Waals surface area (Å²) in [5.41, 5.74) is 1.12. The van der Waals surface area contributed by atoms with E-state index >= 15 is 0 Å². The fourth-order valence-electron chi connectivity index (χ4n) is 4.16. The van der Waals surface area contributed by atoms with E-state index in [0.717, 1.165) is 25.8 Å². The molecule has 0 aliphatic carbocycles. The maximum Gasteiger partial charge on any atom is 0.313 e. The van der Waals surface area contributed by atoms with Gasteiger partial charge in [0.1, 0.15) is 0 Å². The van der Waals surface area contributed by atoms with Gasteiger partial charge in [0.25, 0.3) is 0 Å². The lowest BCUT2D eigenvalue weighted by atomic mass is 9.72. The van der Waals surface area contributed by atoms with Crippen LogP contribution >= 0.6 is 11.3 Å². The van der Waals surface area contributed by atoms with Crippen LogP contribution in [0.2, 0.25) is 0 Å². The van der Waals surface area contributed by atoms with Crippen LogP contribution in [0.25, 0.3) is 0 Å². The van der Waals surface area contributed by atoms with Crippen LogP contribution < -0.4 is 0 Å². The molecule has 0 saturated carbocycles. The number of carbonyl (C=O) groups excluding carboxylic acids is 1. The molecule has 3 atom stereocenters. The van der Waals surface area contributed by atoms with Crippen molar-refractivity contribution in [2.45, 2.75) is 58.2 Å². The van der Waals surface area contributed by atoms with Gasteiger partial charge in [-0.1, -0.05) is 6.92 Å². The zero-order chi connectivity index (χ0) is 14.2. The number of hydrogen-bond acceptors (Lipinski definition) is 4. The fraction of sp³-hybridized carbons (Fsp3) is 0.688. The summed E-state index contributed by atoms with van der Waals surface area (Å²) in [6.07, 6.45) is 4.25. The normalized spacial score (nSPS) is 32.7. The molecule has 4 heteroatoms. The van der Waals surface area contributed by atoms with Gasteiger partial charge in [0.2, 0.25) is 0 Å². The van der Waals surface area contributed by atoms with Gasteiger partial charge in [0.05, 0.1) is 12.0 Å². The molecule has 0 radical (unpaired) electrons. The molecule has 2 saturated heterocycles. The van der Waals surface area contributed by atoms with Crippen molar-refractivity contribution in [3.8, 4) is 0 Å². The predicted octanol–water partition coefficient (Wildman–Crippen LogP) is 3.44. The largest absolute Gasteiger partial charge is 0.466 e. The molecule has 2 aliphatic heterocycles. The summed E-state index contributed by atoms with van der Waals surface area (Å²) in [6.45, 7) is 5.51. The molecular weight excluding hydrogens is 270 g/mol. The lowest BCUT2D eigenvalue weighted by Crippen LogP contribution is -2.43. The van der Waals surface area contributed by atoms with E-state index in [1.54, 1.807) is 11.3 Å². The molecule has 0 N–H and O–H groups in total. The van der Waals surface area contributed by atoms with Crippen molar-refractivity contribution in [1.82, 2.24) is 4.90 Å². The van der Waals surface area contributed by atoms with Crippen molar-refractivity contribution in [2.75, 3.05) is 6.61 Å². The third kappa shape index (κ3) is 2.09. The van der Waals surface area contributed by atoms with Gasteiger partial charge in [-0.05, 0) is 55.0 Å². The molecule has 0 spiro atoms. The van der Waals surface area contributed by atoms with Crippen molar-refractivity contribution >= 4 is 17.3 Å². The molecular formula is C16H23NO2S. The van der Waals surface area contributed by atoms with E-state index < -0.39 is 0 Å². The Hall–Kier alpha value is -0.870. The number of thiophene rings is 1. The third-order valence-electron chi connectivity index (χ3n) is 5.14. The van der Waals surface area contributed by atoms with Crippen LogP contribution in [-0.2, 0) is 16.1 Å². The van der Waals surface area contributed by atoms with Gasteiger partial charge < -0.3 is 4.74 Å². The highest BCUT2D eigenvalue weighted by Gasteiger charge is 2.59. The number of carbonyl (C=O) groups is 1. The smallest absolute Gasteiger partial charge is 0.313 e. The minimum atomic E-state index is -0.255. The first kappa shape index (κ1) is 14.1. The quantitative estimate of drug-likeness (QED) is 0.779. The number of rotatable bonds is 5. The van der Waals surface area contributed by atoms with E-state index in [2.05, 4.69) is 28.7 Å². The Bertz CT molecular complexity index is 473. The zero-order valence-corrected chi connectivity index (χ0v) is 13.1. The molecule has 0 unspecified atom stereocenters. The molecule has 1 aromatic heterocycles. The topological polar surface area (TPSA) is 29.5 Å². The summed E-state index contributed by atoms with van der Waals surface area (Å²) in [4.78, 5) is 15.0. The van der Waals surface area contributed by atoms with Crippen molar-refractivity contribution in [3.05, 3.63) is 22.4 Å². The Balaban J connectivity index is 1.81. The maximum atomic E-state index is 12.5. The third-order valence-corrected chi connectivity index (χ3v) is 5.87. The fourth-order valence-corrected chi connectivity index (χ4v) is 4.82. The molecule has 2 fully saturated rings. The Kier molecular flexibility index (Phi) is 3.87. The van der Waals surface area contributed by atoms with Gasteiger partial charge >= 0.3 is 5.97 Å². The summed E-state index contributed by atoms with van der Waals surface area (Å²) < 4.78 is 5.39. The van der Waals surface area contributed by atoms with Crippen molar-refractivity contribution in [2.24, 2.45) is 5.41 Å². The lowest BCUT2D eigenvalue weighted by molar-refractivity contribution is -0.157. The Morgan fingerprint density at radius 2 is 2.35 bits per heavy atom. The first-order chi connectivity index (χ1) is 9.71. The second-order valence-corrected chi connectivity index (χ2v) is 6.77. The molecule has 2 bridgehead atoms. The zero-order valence-electron chi connectivity index (χ0n) is 12.3. The van der Waals surface area contributed by atoms with Crippen molar-refractivity contribution < 1.29 is 9.53 Å². The molecule has 0 amide bonds. The standard InChI is InChI=1S/C16H23NO2S/c1-3-16(15(18)19-4-2)9-13-5-6-14(16)17(13)10-12-7-8-20-11-12/h7-8,11,13-14H,3-6,9-10H2,1-2H3/t13-,14+,16+/m0/s1. The molecule has 0 aromatic carbocycles. The first-order valence-electron chi connectivity index (χ1n) is 7.65. The molecule has 110 valence electrons. The van der Waals surface area contributed by atoms with E-state index in [1.807, 2.05) is 6.92 Å². The summed E-state index contributed by atoms with van der Waals surface area (Å²) in [5.74, 6) is 0.0324. The van der Waals surface area contributed by atoms with Crippen LogP contribution in [0.1, 0.15) is 45.1 Å². The van der Waals surface area contributed by atoms with Crippen LogP contribution in [0, 0.1) is 5.41 Å². The molecule has 3 nitrogen and oxygen atoms in total. The number of ether oxygens (including phenoxy) is 1. The number of fused-ring (bicyclic) bond motifs is 2. The van der Waals surface area contributed by atoms with Gasteiger partial charge in [-0.25, -0.2) is 0 Å². The molecule has 3 rings (SSSR count). The average molecular weight is 293 g/mol. The van der Waals surface area contributed by atoms with Gasteiger partial charge in [0, 0.05) is 18.6 Å². The molecule has 2 aliphatic rings. The molecule has 3 heterocycles. The van der Waals surface area contributed by atoms with Crippen LogP contribution in [0.3, 0.4) is 0 Å². The van der Waals surface area contributed by atoms with Gasteiger partial charge in [-0.15, -0.1) is 0 Å². The van der Waals surface area contributed by atoms with E-state index in [0.29, 0.717) is 18.7 Å². The van der Waals surface area contributed by atoms with Crippen LogP contribution in [0.15, 0.2) is 16.8 Å². The average Bonchev–Trinajstić information content (AvgIpc) is 3.16. The SMILES string of the molecule is CCOC(=O)[C@]1(CC)C[C@@H]2CC[C@H]1N2Cc1ccsc1. The first-order valence-corrected chi connectivity index (χ1v) is 8.59. The molecule has 1 aromatic rings. The number of hydrogen-bond donors (Lipinski definition) is 0. The summed E-state index contributed by atoms with van der Waals surface area (Å²) >= 11 is 1.75. The minimum absolute atomic E-state index is 0.0324. The lowest BCUT2D eigenvalue weighted by Gasteiger charge is -2.34. The monoisotopic (exact) mass is 293 g/mol. The number of nitrogens with zero attached hydrogens (tertiary/aromatic N) is 1. The summed E-state index contributed by atoms with van der Waals surface area (Å²) in [5, 5.41) is 4.35. The van der Waals surface area contributed by atoms with Crippen LogP contribution in [0.4, 0.5) is 0 Å². The van der Waals surface area contributed by atoms with Gasteiger partial charge in [0.15, 0.2) is 0 Å². The Morgan fingerprint density at radius 3 is 3.00 bits per heavy atom. The highest BCUT2D eigenvalue weighted by Crippen LogP contribution is 2.52. The summed E-state index contributed by atoms with van der Waals surface area (Å²) in [7, 11) is 0. The van der Waals surface area contributed by atoms with Crippen LogP contribution in [0.5, 0.6) is 0 Å². The van der Waals surface area contributed by atoms with Gasteiger partial charge in [-0.2, -0.15) is 11.3 Å². The van der Waals surface area contributed by atoms with E-state index in [9.17, 15) is 4.79 Å². The second-order valence-electron chi connectivity index (χ2n) is 5.99. The van der Waals surface area contributed by atoms with Crippen molar-refractivity contribution in [1.29, 1.82) is 0 Å². The highest BCUT2D eigenvalue weighted by atomic mass is 32.1. The Labute approximate surface area is 124 Å². The number of esters is 1. The van der Waals surface area contributed by atoms with Crippen molar-refractivity contribution in [3.63, 3.8) is 0 Å².